The molecule has 0 bridgehead atoms. The number of hydrogen-bond donors (Lipinski definition) is 1. The van der Waals surface area contributed by atoms with Gasteiger partial charge in [-0.25, -0.2) is 0 Å². The van der Waals surface area contributed by atoms with Gasteiger partial charge in [0.15, 0.2) is 0 Å². The van der Waals surface area contributed by atoms with Crippen molar-refractivity contribution in [3.63, 3.8) is 0 Å². The van der Waals surface area contributed by atoms with Gasteiger partial charge >= 0.3 is 6.01 Å². The molecule has 1 aromatic heterocycles. The SMILES string of the molecule is C[C@@H](Nc1nnc(-c2ccc(C#N)cc2)o1)C(=O)N1CCC2(CC1)CC2. The van der Waals surface area contributed by atoms with Gasteiger partial charge in [-0.05, 0) is 62.3 Å². The number of likely N-dealkylation sites (tertiary alicyclic amines) is 1. The average Bonchev–Trinajstić information content (AvgIpc) is 3.26. The molecule has 1 aromatic carbocycles. The molecule has 134 valence electrons. The minimum Gasteiger partial charge on any atom is -0.403 e. The molecule has 1 spiro atoms. The number of nitrogens with one attached hydrogen (secondary N) is 1. The van der Waals surface area contributed by atoms with Crippen molar-refractivity contribution in [2.45, 2.75) is 38.6 Å². The molecule has 2 fully saturated rings. The van der Waals surface area contributed by atoms with Gasteiger partial charge in [0, 0.05) is 18.7 Å². The van der Waals surface area contributed by atoms with Crippen LogP contribution in [-0.2, 0) is 4.79 Å². The lowest BCUT2D eigenvalue weighted by atomic mass is 9.93. The number of nitriles is 1. The summed E-state index contributed by atoms with van der Waals surface area (Å²) in [5.74, 6) is 0.420. The topological polar surface area (TPSA) is 95.0 Å². The summed E-state index contributed by atoms with van der Waals surface area (Å²) in [5, 5.41) is 19.8. The molecule has 2 aliphatic rings. The lowest BCUT2D eigenvalue weighted by Crippen LogP contribution is -2.45. The highest BCUT2D eigenvalue weighted by Crippen LogP contribution is 2.53. The van der Waals surface area contributed by atoms with Crippen LogP contribution in [0.15, 0.2) is 28.7 Å². The van der Waals surface area contributed by atoms with Crippen LogP contribution in [0.3, 0.4) is 0 Å². The molecule has 1 saturated carbocycles. The lowest BCUT2D eigenvalue weighted by molar-refractivity contribution is -0.133. The van der Waals surface area contributed by atoms with Crippen LogP contribution in [0.25, 0.3) is 11.5 Å². The molecule has 26 heavy (non-hydrogen) atoms. The van der Waals surface area contributed by atoms with E-state index in [1.54, 1.807) is 24.3 Å². The molecule has 1 amide bonds. The smallest absolute Gasteiger partial charge is 0.316 e. The standard InChI is InChI=1S/C19H21N5O2/c1-13(17(25)24-10-8-19(6-7-19)9-11-24)21-18-23-22-16(26-18)15-4-2-14(12-20)3-5-15/h2-5,13H,6-11H2,1H3,(H,21,23)/t13-/m1/s1. The minimum absolute atomic E-state index is 0.0682. The number of benzene rings is 1. The first-order chi connectivity index (χ1) is 12.6. The van der Waals surface area contributed by atoms with Gasteiger partial charge in [0.25, 0.3) is 0 Å². The van der Waals surface area contributed by atoms with Crippen LogP contribution in [0.5, 0.6) is 0 Å². The van der Waals surface area contributed by atoms with Crippen molar-refractivity contribution >= 4 is 11.9 Å². The van der Waals surface area contributed by atoms with Gasteiger partial charge in [-0.2, -0.15) is 5.26 Å². The second-order valence-corrected chi connectivity index (χ2v) is 7.29. The largest absolute Gasteiger partial charge is 0.403 e. The van der Waals surface area contributed by atoms with E-state index in [4.69, 9.17) is 9.68 Å². The van der Waals surface area contributed by atoms with Crippen molar-refractivity contribution in [2.24, 2.45) is 5.41 Å². The van der Waals surface area contributed by atoms with E-state index in [0.717, 1.165) is 31.5 Å². The first-order valence-electron chi connectivity index (χ1n) is 8.98. The highest BCUT2D eigenvalue weighted by Gasteiger charge is 2.45. The van der Waals surface area contributed by atoms with Gasteiger partial charge < -0.3 is 14.6 Å². The molecule has 1 aliphatic heterocycles. The van der Waals surface area contributed by atoms with Gasteiger partial charge in [-0.15, -0.1) is 5.10 Å². The van der Waals surface area contributed by atoms with Crippen LogP contribution in [0.4, 0.5) is 6.01 Å². The van der Waals surface area contributed by atoms with Gasteiger partial charge in [0.1, 0.15) is 6.04 Å². The van der Waals surface area contributed by atoms with E-state index in [1.807, 2.05) is 11.8 Å². The van der Waals surface area contributed by atoms with Gasteiger partial charge in [0.2, 0.25) is 11.8 Å². The van der Waals surface area contributed by atoms with E-state index in [9.17, 15) is 4.79 Å². The maximum absolute atomic E-state index is 12.6. The van der Waals surface area contributed by atoms with Crippen molar-refractivity contribution in [3.8, 4) is 17.5 Å². The second-order valence-electron chi connectivity index (χ2n) is 7.29. The van der Waals surface area contributed by atoms with E-state index in [-0.39, 0.29) is 11.9 Å². The van der Waals surface area contributed by atoms with Crippen LogP contribution in [-0.4, -0.2) is 40.1 Å². The van der Waals surface area contributed by atoms with E-state index in [0.29, 0.717) is 16.9 Å². The summed E-state index contributed by atoms with van der Waals surface area (Å²) >= 11 is 0. The Morgan fingerprint density at radius 2 is 1.92 bits per heavy atom. The number of carbonyl (C=O) groups excluding carboxylic acids is 1. The van der Waals surface area contributed by atoms with E-state index in [2.05, 4.69) is 21.6 Å². The zero-order valence-corrected chi connectivity index (χ0v) is 14.7. The van der Waals surface area contributed by atoms with Gasteiger partial charge in [0.05, 0.1) is 11.6 Å². The number of amides is 1. The van der Waals surface area contributed by atoms with Crippen LogP contribution < -0.4 is 5.32 Å². The Kier molecular flexibility index (Phi) is 4.11. The Balaban J connectivity index is 1.37. The van der Waals surface area contributed by atoms with Crippen LogP contribution in [0.2, 0.25) is 0 Å². The third kappa shape index (κ3) is 3.27. The maximum atomic E-state index is 12.6. The zero-order valence-electron chi connectivity index (χ0n) is 14.7. The van der Waals surface area contributed by atoms with Crippen molar-refractivity contribution in [1.29, 1.82) is 5.26 Å². The van der Waals surface area contributed by atoms with E-state index in [1.165, 1.54) is 12.8 Å². The normalized spacial score (nSPS) is 19.0. The van der Waals surface area contributed by atoms with Crippen molar-refractivity contribution in [3.05, 3.63) is 29.8 Å². The first kappa shape index (κ1) is 16.6. The minimum atomic E-state index is -0.419. The van der Waals surface area contributed by atoms with Gasteiger partial charge in [-0.3, -0.25) is 4.79 Å². The number of piperidine rings is 1. The molecule has 0 radical (unpaired) electrons. The number of carbonyl (C=O) groups is 1. The van der Waals surface area contributed by atoms with Crippen LogP contribution >= 0.6 is 0 Å². The third-order valence-corrected chi connectivity index (χ3v) is 5.49. The monoisotopic (exact) mass is 351 g/mol. The fourth-order valence-electron chi connectivity index (χ4n) is 3.48. The second kappa shape index (κ2) is 6.45. The van der Waals surface area contributed by atoms with E-state index < -0.39 is 6.04 Å². The van der Waals surface area contributed by atoms with Crippen LogP contribution in [0, 0.1) is 16.7 Å². The quantitative estimate of drug-likeness (QED) is 0.910. The summed E-state index contributed by atoms with van der Waals surface area (Å²) in [6.07, 6.45) is 4.88. The maximum Gasteiger partial charge on any atom is 0.316 e. The summed E-state index contributed by atoms with van der Waals surface area (Å²) in [7, 11) is 0. The number of nitrogens with zero attached hydrogens (tertiary/aromatic N) is 4. The van der Waals surface area contributed by atoms with Crippen LogP contribution in [0.1, 0.15) is 38.2 Å². The highest BCUT2D eigenvalue weighted by molar-refractivity contribution is 5.83. The molecular formula is C19H21N5O2. The molecule has 1 aliphatic carbocycles. The third-order valence-electron chi connectivity index (χ3n) is 5.49. The van der Waals surface area contributed by atoms with E-state index >= 15 is 0 Å². The van der Waals surface area contributed by atoms with Crippen molar-refractivity contribution in [2.75, 3.05) is 18.4 Å². The Morgan fingerprint density at radius 1 is 1.23 bits per heavy atom. The molecule has 4 rings (SSSR count). The Bertz CT molecular complexity index is 838. The Hall–Kier alpha value is -2.88. The highest BCUT2D eigenvalue weighted by atomic mass is 16.4. The number of rotatable bonds is 4. The molecule has 2 heterocycles. The predicted molar refractivity (Wildman–Crippen MR) is 95.0 cm³/mol. The average molecular weight is 351 g/mol. The first-order valence-corrected chi connectivity index (χ1v) is 8.98. The summed E-state index contributed by atoms with van der Waals surface area (Å²) in [6, 6.07) is 8.78. The summed E-state index contributed by atoms with van der Waals surface area (Å²) in [5.41, 5.74) is 1.85. The molecule has 7 heteroatoms. The molecule has 1 N–H and O–H groups in total. The predicted octanol–water partition coefficient (Wildman–Crippen LogP) is 2.81. The van der Waals surface area contributed by atoms with Crippen molar-refractivity contribution < 1.29 is 9.21 Å². The summed E-state index contributed by atoms with van der Waals surface area (Å²) in [4.78, 5) is 14.6. The van der Waals surface area contributed by atoms with Gasteiger partial charge in [-0.1, -0.05) is 5.10 Å². The fourth-order valence-corrected chi connectivity index (χ4v) is 3.48. The molecule has 2 aromatic rings. The lowest BCUT2D eigenvalue weighted by Gasteiger charge is -2.33. The summed E-state index contributed by atoms with van der Waals surface area (Å²) < 4.78 is 5.61. The fraction of sp³-hybridized carbons (Fsp3) is 0.474. The van der Waals surface area contributed by atoms with Crippen molar-refractivity contribution in [1.82, 2.24) is 15.1 Å². The Morgan fingerprint density at radius 3 is 2.54 bits per heavy atom. The number of anilines is 1. The summed E-state index contributed by atoms with van der Waals surface area (Å²) in [6.45, 7) is 3.49. The number of aromatic nitrogens is 2. The number of hydrogen-bond acceptors (Lipinski definition) is 6. The molecule has 7 nitrogen and oxygen atoms in total. The zero-order chi connectivity index (χ0) is 18.1. The molecule has 1 atom stereocenters. The Labute approximate surface area is 152 Å². The molecular weight excluding hydrogens is 330 g/mol. The molecule has 1 saturated heterocycles. The molecule has 0 unspecified atom stereocenters.